The molecule has 0 aromatic carbocycles. The number of hydrogen-bond donors (Lipinski definition) is 0. The van der Waals surface area contributed by atoms with Crippen LogP contribution in [0.15, 0.2) is 24.0 Å². The summed E-state index contributed by atoms with van der Waals surface area (Å²) in [6.07, 6.45) is 7.57. The maximum Gasteiger partial charge on any atom is 0.334 e. The van der Waals surface area contributed by atoms with Gasteiger partial charge in [0, 0.05) is 11.0 Å². The fraction of sp³-hybridized carbons (Fsp3) is 0.615. The molecule has 0 amide bonds. The number of esters is 1. The molecule has 3 heteroatoms. The minimum Gasteiger partial charge on any atom is -0.505 e. The lowest BCUT2D eigenvalue weighted by molar-refractivity contribution is -0.137. The van der Waals surface area contributed by atoms with Crippen molar-refractivity contribution in [2.75, 3.05) is 14.2 Å². The van der Waals surface area contributed by atoms with Crippen molar-refractivity contribution < 1.29 is 14.3 Å². The summed E-state index contributed by atoms with van der Waals surface area (Å²) < 4.78 is 9.79. The second kappa shape index (κ2) is 5.19. The SMILES string of the molecule is CO/C=C/[C@]1(C)C(C(=O)OC)=CCC[C@H]1C. The van der Waals surface area contributed by atoms with E-state index in [1.165, 1.54) is 7.11 Å². The number of methoxy groups -OCH3 is 2. The molecule has 0 radical (unpaired) electrons. The van der Waals surface area contributed by atoms with Gasteiger partial charge in [0.15, 0.2) is 0 Å². The molecule has 0 aliphatic heterocycles. The molecule has 90 valence electrons. The highest BCUT2D eigenvalue weighted by molar-refractivity contribution is 5.90. The highest BCUT2D eigenvalue weighted by Gasteiger charge is 2.38. The number of ether oxygens (including phenoxy) is 2. The zero-order valence-corrected chi connectivity index (χ0v) is 10.4. The van der Waals surface area contributed by atoms with Crippen LogP contribution >= 0.6 is 0 Å². The van der Waals surface area contributed by atoms with Crippen LogP contribution in [0, 0.1) is 11.3 Å². The molecular weight excluding hydrogens is 204 g/mol. The molecule has 0 unspecified atom stereocenters. The van der Waals surface area contributed by atoms with Crippen LogP contribution in [0.1, 0.15) is 26.7 Å². The lowest BCUT2D eigenvalue weighted by Gasteiger charge is -2.37. The fourth-order valence-corrected chi connectivity index (χ4v) is 2.14. The molecule has 1 rings (SSSR count). The molecule has 0 aromatic rings. The van der Waals surface area contributed by atoms with Crippen molar-refractivity contribution in [3.8, 4) is 0 Å². The second-order valence-corrected chi connectivity index (χ2v) is 4.41. The maximum atomic E-state index is 11.7. The first-order chi connectivity index (χ1) is 7.56. The third kappa shape index (κ3) is 2.29. The molecule has 0 saturated carbocycles. The summed E-state index contributed by atoms with van der Waals surface area (Å²) in [5.74, 6) is 0.160. The predicted octanol–water partition coefficient (Wildman–Crippen LogP) is 2.68. The van der Waals surface area contributed by atoms with E-state index in [4.69, 9.17) is 9.47 Å². The number of carbonyl (C=O) groups excluding carboxylic acids is 1. The maximum absolute atomic E-state index is 11.7. The highest BCUT2D eigenvalue weighted by atomic mass is 16.5. The Morgan fingerprint density at radius 1 is 1.56 bits per heavy atom. The Kier molecular flexibility index (Phi) is 4.16. The van der Waals surface area contributed by atoms with Gasteiger partial charge in [0.2, 0.25) is 0 Å². The Hall–Kier alpha value is -1.25. The number of hydrogen-bond acceptors (Lipinski definition) is 3. The van der Waals surface area contributed by atoms with Crippen LogP contribution in [0.2, 0.25) is 0 Å². The molecule has 0 spiro atoms. The van der Waals surface area contributed by atoms with Crippen LogP contribution in [0.3, 0.4) is 0 Å². The Labute approximate surface area is 97.1 Å². The van der Waals surface area contributed by atoms with Crippen molar-refractivity contribution >= 4 is 5.97 Å². The van der Waals surface area contributed by atoms with Gasteiger partial charge in [0.05, 0.1) is 20.5 Å². The van der Waals surface area contributed by atoms with E-state index in [1.807, 2.05) is 12.2 Å². The first-order valence-electron chi connectivity index (χ1n) is 5.55. The summed E-state index contributed by atoms with van der Waals surface area (Å²) >= 11 is 0. The average molecular weight is 224 g/mol. The van der Waals surface area contributed by atoms with Crippen molar-refractivity contribution in [1.29, 1.82) is 0 Å². The number of rotatable bonds is 3. The molecule has 0 saturated heterocycles. The molecule has 16 heavy (non-hydrogen) atoms. The van der Waals surface area contributed by atoms with Gasteiger partial charge in [0.1, 0.15) is 0 Å². The first-order valence-corrected chi connectivity index (χ1v) is 5.55. The summed E-state index contributed by atoms with van der Waals surface area (Å²) in [5.41, 5.74) is 0.448. The van der Waals surface area contributed by atoms with Crippen LogP contribution in [0.4, 0.5) is 0 Å². The van der Waals surface area contributed by atoms with Gasteiger partial charge < -0.3 is 9.47 Å². The molecular formula is C13H20O3. The van der Waals surface area contributed by atoms with Gasteiger partial charge >= 0.3 is 5.97 Å². The molecule has 1 aliphatic rings. The van der Waals surface area contributed by atoms with Gasteiger partial charge in [-0.15, -0.1) is 0 Å². The van der Waals surface area contributed by atoms with Crippen molar-refractivity contribution in [2.24, 2.45) is 11.3 Å². The third-order valence-electron chi connectivity index (χ3n) is 3.51. The summed E-state index contributed by atoms with van der Waals surface area (Å²) in [6.45, 7) is 4.20. The Balaban J connectivity index is 3.07. The topological polar surface area (TPSA) is 35.5 Å². The summed E-state index contributed by atoms with van der Waals surface area (Å²) in [7, 11) is 3.03. The standard InChI is InChI=1S/C13H20O3/c1-10-6-5-7-11(12(14)16-4)13(10,2)8-9-15-3/h7-10H,5-6H2,1-4H3/b9-8+/t10-,13+/m1/s1. The molecule has 1 aliphatic carbocycles. The van der Waals surface area contributed by atoms with E-state index in [0.29, 0.717) is 5.92 Å². The predicted molar refractivity (Wildman–Crippen MR) is 62.8 cm³/mol. The quantitative estimate of drug-likeness (QED) is 0.546. The molecule has 0 aromatic heterocycles. The Morgan fingerprint density at radius 2 is 2.25 bits per heavy atom. The van der Waals surface area contributed by atoms with E-state index in [-0.39, 0.29) is 11.4 Å². The summed E-state index contributed by atoms with van der Waals surface area (Å²) in [6, 6.07) is 0. The highest BCUT2D eigenvalue weighted by Crippen LogP contribution is 2.43. The van der Waals surface area contributed by atoms with Gasteiger partial charge in [-0.25, -0.2) is 4.79 Å². The van der Waals surface area contributed by atoms with Crippen LogP contribution in [-0.2, 0) is 14.3 Å². The fourth-order valence-electron chi connectivity index (χ4n) is 2.14. The van der Waals surface area contributed by atoms with Gasteiger partial charge in [0.25, 0.3) is 0 Å². The van der Waals surface area contributed by atoms with E-state index in [0.717, 1.165) is 18.4 Å². The van der Waals surface area contributed by atoms with E-state index in [1.54, 1.807) is 13.4 Å². The van der Waals surface area contributed by atoms with E-state index >= 15 is 0 Å². The minimum atomic E-state index is -0.290. The normalized spacial score (nSPS) is 30.0. The summed E-state index contributed by atoms with van der Waals surface area (Å²) in [5, 5.41) is 0. The molecule has 0 bridgehead atoms. The molecule has 0 heterocycles. The van der Waals surface area contributed by atoms with Gasteiger partial charge in [-0.2, -0.15) is 0 Å². The molecule has 0 N–H and O–H groups in total. The lowest BCUT2D eigenvalue weighted by atomic mass is 9.67. The van der Waals surface area contributed by atoms with Crippen LogP contribution in [0.5, 0.6) is 0 Å². The van der Waals surface area contributed by atoms with E-state index < -0.39 is 0 Å². The lowest BCUT2D eigenvalue weighted by Crippen LogP contribution is -2.33. The first kappa shape index (κ1) is 12.8. The van der Waals surface area contributed by atoms with Crippen molar-refractivity contribution in [2.45, 2.75) is 26.7 Å². The molecule has 2 atom stereocenters. The van der Waals surface area contributed by atoms with Gasteiger partial charge in [-0.1, -0.05) is 19.9 Å². The zero-order chi connectivity index (χ0) is 12.2. The Morgan fingerprint density at radius 3 is 2.81 bits per heavy atom. The third-order valence-corrected chi connectivity index (χ3v) is 3.51. The number of allylic oxidation sites excluding steroid dienone is 2. The van der Waals surface area contributed by atoms with Crippen molar-refractivity contribution in [3.05, 3.63) is 24.0 Å². The molecule has 0 fully saturated rings. The molecule has 3 nitrogen and oxygen atoms in total. The van der Waals surface area contributed by atoms with E-state index in [2.05, 4.69) is 13.8 Å². The van der Waals surface area contributed by atoms with Crippen molar-refractivity contribution in [1.82, 2.24) is 0 Å². The summed E-state index contributed by atoms with van der Waals surface area (Å²) in [4.78, 5) is 11.7. The van der Waals surface area contributed by atoms with Crippen molar-refractivity contribution in [3.63, 3.8) is 0 Å². The number of carbonyl (C=O) groups is 1. The largest absolute Gasteiger partial charge is 0.505 e. The van der Waals surface area contributed by atoms with Crippen LogP contribution in [0.25, 0.3) is 0 Å². The average Bonchev–Trinajstić information content (AvgIpc) is 2.29. The van der Waals surface area contributed by atoms with Crippen LogP contribution in [-0.4, -0.2) is 20.2 Å². The Bertz CT molecular complexity index is 317. The second-order valence-electron chi connectivity index (χ2n) is 4.41. The van der Waals surface area contributed by atoms with Gasteiger partial charge in [-0.3, -0.25) is 0 Å². The monoisotopic (exact) mass is 224 g/mol. The van der Waals surface area contributed by atoms with E-state index in [9.17, 15) is 4.79 Å². The van der Waals surface area contributed by atoms with Gasteiger partial charge in [-0.05, 0) is 24.8 Å². The smallest absolute Gasteiger partial charge is 0.334 e. The minimum absolute atomic E-state index is 0.241. The van der Waals surface area contributed by atoms with Crippen LogP contribution < -0.4 is 0 Å². The zero-order valence-electron chi connectivity index (χ0n) is 10.4.